The van der Waals surface area contributed by atoms with Crippen LogP contribution in [0.5, 0.6) is 5.88 Å². The predicted octanol–water partition coefficient (Wildman–Crippen LogP) is 2.25. The molecule has 0 aliphatic carbocycles. The van der Waals surface area contributed by atoms with Crippen LogP contribution >= 0.6 is 0 Å². The minimum absolute atomic E-state index is 0.0194. The molecular formula is C18H24N4O3. The Morgan fingerprint density at radius 1 is 1.32 bits per heavy atom. The maximum atomic E-state index is 12.2. The second-order valence-corrected chi connectivity index (χ2v) is 6.07. The number of hydrogen-bond donors (Lipinski definition) is 2. The number of anilines is 1. The standard InChI is InChI=1S/C18H24N4O3/c1-5-6-10-22-17(24)15(16(23)20-18(22)25)12(2)19-13-8-7-9-14(11-13)21(3)4/h7-9,11,24H,5-6,10H2,1-4H3,(H,20,23,25). The van der Waals surface area contributed by atoms with Crippen molar-refractivity contribution in [2.75, 3.05) is 19.0 Å². The molecule has 1 heterocycles. The van der Waals surface area contributed by atoms with Crippen molar-refractivity contribution in [2.45, 2.75) is 33.2 Å². The first kappa shape index (κ1) is 18.5. The number of hydrogen-bond acceptors (Lipinski definition) is 5. The molecule has 0 radical (unpaired) electrons. The van der Waals surface area contributed by atoms with E-state index >= 15 is 0 Å². The maximum absolute atomic E-state index is 12.2. The van der Waals surface area contributed by atoms with Crippen molar-refractivity contribution >= 4 is 17.1 Å². The lowest BCUT2D eigenvalue weighted by molar-refractivity contribution is 0.394. The number of benzene rings is 1. The fraction of sp³-hybridized carbons (Fsp3) is 0.389. The van der Waals surface area contributed by atoms with Gasteiger partial charge in [-0.1, -0.05) is 19.4 Å². The Morgan fingerprint density at radius 2 is 2.04 bits per heavy atom. The Balaban J connectivity index is 2.52. The van der Waals surface area contributed by atoms with Gasteiger partial charge in [0, 0.05) is 26.3 Å². The minimum atomic E-state index is -0.639. The lowest BCUT2D eigenvalue weighted by Gasteiger charge is -2.13. The third kappa shape index (κ3) is 4.17. The quantitative estimate of drug-likeness (QED) is 0.786. The second kappa shape index (κ2) is 7.83. The summed E-state index contributed by atoms with van der Waals surface area (Å²) < 4.78 is 1.18. The van der Waals surface area contributed by atoms with E-state index in [2.05, 4.69) is 9.98 Å². The zero-order valence-corrected chi connectivity index (χ0v) is 15.0. The lowest BCUT2D eigenvalue weighted by Crippen LogP contribution is -2.33. The summed E-state index contributed by atoms with van der Waals surface area (Å²) in [4.78, 5) is 32.7. The van der Waals surface area contributed by atoms with Gasteiger partial charge in [0.15, 0.2) is 0 Å². The summed E-state index contributed by atoms with van der Waals surface area (Å²) in [5.74, 6) is -0.341. The average molecular weight is 344 g/mol. The van der Waals surface area contributed by atoms with E-state index in [1.165, 1.54) is 4.57 Å². The number of aliphatic imine (C=N–C) groups is 1. The van der Waals surface area contributed by atoms with E-state index in [1.54, 1.807) is 6.92 Å². The summed E-state index contributed by atoms with van der Waals surface area (Å²) >= 11 is 0. The molecule has 134 valence electrons. The van der Waals surface area contributed by atoms with E-state index in [4.69, 9.17) is 0 Å². The Hall–Kier alpha value is -2.83. The molecule has 1 aromatic carbocycles. The van der Waals surface area contributed by atoms with Crippen LogP contribution < -0.4 is 16.1 Å². The molecule has 0 unspecified atom stereocenters. The third-order valence-electron chi connectivity index (χ3n) is 3.91. The molecule has 0 aliphatic heterocycles. The molecule has 2 N–H and O–H groups in total. The fourth-order valence-electron chi connectivity index (χ4n) is 2.50. The number of H-pyrrole nitrogens is 1. The molecule has 7 nitrogen and oxygen atoms in total. The minimum Gasteiger partial charge on any atom is -0.494 e. The maximum Gasteiger partial charge on any atom is 0.331 e. The highest BCUT2D eigenvalue weighted by Gasteiger charge is 2.16. The van der Waals surface area contributed by atoms with Gasteiger partial charge >= 0.3 is 5.69 Å². The molecule has 0 fully saturated rings. The normalized spacial score (nSPS) is 11.6. The number of aromatic nitrogens is 2. The Labute approximate surface area is 146 Å². The average Bonchev–Trinajstić information content (AvgIpc) is 2.54. The first-order valence-corrected chi connectivity index (χ1v) is 8.24. The zero-order valence-electron chi connectivity index (χ0n) is 15.0. The number of nitrogens with one attached hydrogen (secondary N) is 1. The van der Waals surface area contributed by atoms with Crippen LogP contribution in [-0.2, 0) is 6.54 Å². The number of aromatic amines is 1. The summed E-state index contributed by atoms with van der Waals surface area (Å²) in [5.41, 5.74) is 0.752. The largest absolute Gasteiger partial charge is 0.494 e. The van der Waals surface area contributed by atoms with Gasteiger partial charge in [-0.05, 0) is 31.5 Å². The third-order valence-corrected chi connectivity index (χ3v) is 3.91. The van der Waals surface area contributed by atoms with Crippen molar-refractivity contribution in [1.29, 1.82) is 0 Å². The molecule has 0 saturated heterocycles. The Kier molecular flexibility index (Phi) is 5.80. The predicted molar refractivity (Wildman–Crippen MR) is 101 cm³/mol. The monoisotopic (exact) mass is 344 g/mol. The van der Waals surface area contributed by atoms with Crippen LogP contribution in [0.2, 0.25) is 0 Å². The molecule has 0 atom stereocenters. The van der Waals surface area contributed by atoms with Gasteiger partial charge in [0.05, 0.1) is 11.4 Å². The number of nitrogens with zero attached hydrogens (tertiary/aromatic N) is 3. The van der Waals surface area contributed by atoms with Crippen molar-refractivity contribution in [2.24, 2.45) is 4.99 Å². The van der Waals surface area contributed by atoms with E-state index in [1.807, 2.05) is 50.2 Å². The SMILES string of the molecule is CCCCn1c(O)c(C(C)=Nc2cccc(N(C)C)c2)c(=O)[nH]c1=O. The molecule has 0 bridgehead atoms. The van der Waals surface area contributed by atoms with Crippen LogP contribution in [0.15, 0.2) is 38.8 Å². The van der Waals surface area contributed by atoms with Crippen LogP contribution in [-0.4, -0.2) is 34.5 Å². The van der Waals surface area contributed by atoms with Crippen LogP contribution in [0.4, 0.5) is 11.4 Å². The highest BCUT2D eigenvalue weighted by atomic mass is 16.3. The molecule has 2 rings (SSSR count). The van der Waals surface area contributed by atoms with Crippen molar-refractivity contribution in [1.82, 2.24) is 9.55 Å². The molecule has 0 saturated carbocycles. The molecule has 25 heavy (non-hydrogen) atoms. The van der Waals surface area contributed by atoms with Crippen LogP contribution in [0, 0.1) is 0 Å². The van der Waals surface area contributed by atoms with Crippen molar-refractivity contribution in [3.63, 3.8) is 0 Å². The van der Waals surface area contributed by atoms with Gasteiger partial charge in [-0.15, -0.1) is 0 Å². The molecule has 0 aliphatic rings. The van der Waals surface area contributed by atoms with Crippen LogP contribution in [0.3, 0.4) is 0 Å². The number of rotatable bonds is 6. The topological polar surface area (TPSA) is 90.7 Å². The molecule has 0 spiro atoms. The van der Waals surface area contributed by atoms with E-state index in [0.29, 0.717) is 17.9 Å². The number of aromatic hydroxyl groups is 1. The van der Waals surface area contributed by atoms with Gasteiger partial charge in [-0.3, -0.25) is 19.3 Å². The molecule has 0 amide bonds. The van der Waals surface area contributed by atoms with Gasteiger partial charge < -0.3 is 10.0 Å². The van der Waals surface area contributed by atoms with Crippen molar-refractivity contribution in [3.8, 4) is 5.88 Å². The van der Waals surface area contributed by atoms with E-state index in [9.17, 15) is 14.7 Å². The summed E-state index contributed by atoms with van der Waals surface area (Å²) in [7, 11) is 3.85. The van der Waals surface area contributed by atoms with Crippen LogP contribution in [0.1, 0.15) is 32.3 Å². The van der Waals surface area contributed by atoms with Gasteiger partial charge in [0.1, 0.15) is 5.56 Å². The van der Waals surface area contributed by atoms with Crippen LogP contribution in [0.25, 0.3) is 0 Å². The van der Waals surface area contributed by atoms with Gasteiger partial charge in [-0.2, -0.15) is 0 Å². The van der Waals surface area contributed by atoms with Gasteiger partial charge in [0.25, 0.3) is 5.56 Å². The zero-order chi connectivity index (χ0) is 18.6. The highest BCUT2D eigenvalue weighted by Crippen LogP contribution is 2.22. The lowest BCUT2D eigenvalue weighted by atomic mass is 10.2. The number of unbranched alkanes of at least 4 members (excludes halogenated alkanes) is 1. The Bertz CT molecular complexity index is 894. The van der Waals surface area contributed by atoms with Gasteiger partial charge in [-0.25, -0.2) is 4.79 Å². The second-order valence-electron chi connectivity index (χ2n) is 6.07. The first-order valence-electron chi connectivity index (χ1n) is 8.24. The molecule has 2 aromatic rings. The van der Waals surface area contributed by atoms with Crippen molar-refractivity contribution in [3.05, 3.63) is 50.7 Å². The summed E-state index contributed by atoms with van der Waals surface area (Å²) in [6.45, 7) is 3.97. The molecule has 7 heteroatoms. The summed E-state index contributed by atoms with van der Waals surface area (Å²) in [5, 5.41) is 10.4. The highest BCUT2D eigenvalue weighted by molar-refractivity contribution is 6.01. The van der Waals surface area contributed by atoms with Gasteiger partial charge in [0.2, 0.25) is 5.88 Å². The van der Waals surface area contributed by atoms with Crippen molar-refractivity contribution < 1.29 is 5.11 Å². The Morgan fingerprint density at radius 3 is 2.68 bits per heavy atom. The molecule has 1 aromatic heterocycles. The van der Waals surface area contributed by atoms with E-state index in [0.717, 1.165) is 18.5 Å². The summed E-state index contributed by atoms with van der Waals surface area (Å²) in [6.07, 6.45) is 1.59. The van der Waals surface area contributed by atoms with E-state index < -0.39 is 11.2 Å². The molecular weight excluding hydrogens is 320 g/mol. The smallest absolute Gasteiger partial charge is 0.331 e. The van der Waals surface area contributed by atoms with E-state index in [-0.39, 0.29) is 11.4 Å². The summed E-state index contributed by atoms with van der Waals surface area (Å²) in [6, 6.07) is 7.51. The first-order chi connectivity index (χ1) is 11.8. The fourth-order valence-corrected chi connectivity index (χ4v) is 2.50.